The lowest BCUT2D eigenvalue weighted by Gasteiger charge is -2.19. The fourth-order valence-electron chi connectivity index (χ4n) is 4.44. The first-order valence-electron chi connectivity index (χ1n) is 13.4. The van der Waals surface area contributed by atoms with Crippen LogP contribution in [0.25, 0.3) is 11.1 Å². The number of nitrogens with one attached hydrogen (secondary N) is 1. The number of benzene rings is 3. The first-order valence-corrected chi connectivity index (χ1v) is 14.7. The molecule has 0 aliphatic rings. The lowest BCUT2D eigenvalue weighted by atomic mass is 9.94. The van der Waals surface area contributed by atoms with E-state index in [1.165, 1.54) is 6.07 Å². The third-order valence-electron chi connectivity index (χ3n) is 6.17. The molecule has 5 nitrogen and oxygen atoms in total. The zero-order chi connectivity index (χ0) is 28.6. The number of hydrogen-bond acceptors (Lipinski definition) is 5. The average molecular weight is 554 g/mol. The van der Waals surface area contributed by atoms with E-state index in [0.717, 1.165) is 32.7 Å². The zero-order valence-corrected chi connectivity index (χ0v) is 24.7. The first kappa shape index (κ1) is 30.5. The quantitative estimate of drug-likeness (QED) is 0.191. The van der Waals surface area contributed by atoms with Gasteiger partial charge < -0.3 is 14.8 Å². The number of rotatable bonds is 12. The predicted molar refractivity (Wildman–Crippen MR) is 157 cm³/mol. The highest BCUT2D eigenvalue weighted by molar-refractivity contribution is 7.85. The van der Waals surface area contributed by atoms with Crippen molar-refractivity contribution in [3.63, 3.8) is 0 Å². The molecule has 7 heteroatoms. The maximum atomic E-state index is 14.7. The molecular formula is C32H40FNO4S. The minimum Gasteiger partial charge on any atom is -0.460 e. The predicted octanol–water partition coefficient (Wildman–Crippen LogP) is 7.14. The van der Waals surface area contributed by atoms with Crippen molar-refractivity contribution in [2.45, 2.75) is 71.4 Å². The summed E-state index contributed by atoms with van der Waals surface area (Å²) < 4.78 is 38.0. The molecule has 210 valence electrons. The van der Waals surface area contributed by atoms with Crippen molar-refractivity contribution >= 4 is 22.5 Å². The Morgan fingerprint density at radius 2 is 1.74 bits per heavy atom. The minimum atomic E-state index is -1.10. The van der Waals surface area contributed by atoms with Crippen molar-refractivity contribution in [2.75, 3.05) is 24.3 Å². The molecule has 0 aromatic heterocycles. The molecule has 0 fully saturated rings. The van der Waals surface area contributed by atoms with Crippen LogP contribution in [0.1, 0.15) is 56.4 Å². The van der Waals surface area contributed by atoms with Crippen molar-refractivity contribution in [2.24, 2.45) is 0 Å². The molecule has 0 spiro atoms. The summed E-state index contributed by atoms with van der Waals surface area (Å²) >= 11 is 0. The number of ether oxygens (including phenoxy) is 2. The molecule has 39 heavy (non-hydrogen) atoms. The van der Waals surface area contributed by atoms with Crippen LogP contribution >= 0.6 is 0 Å². The number of anilines is 1. The highest BCUT2D eigenvalue weighted by Crippen LogP contribution is 2.30. The van der Waals surface area contributed by atoms with Gasteiger partial charge in [0.15, 0.2) is 0 Å². The van der Waals surface area contributed by atoms with Crippen LogP contribution in [0.3, 0.4) is 0 Å². The number of esters is 1. The van der Waals surface area contributed by atoms with Gasteiger partial charge in [-0.05, 0) is 112 Å². The molecule has 3 aromatic rings. The molecule has 0 saturated carbocycles. The van der Waals surface area contributed by atoms with E-state index in [1.54, 1.807) is 6.07 Å². The largest absolute Gasteiger partial charge is 0.460 e. The van der Waals surface area contributed by atoms with Gasteiger partial charge in [0.2, 0.25) is 0 Å². The lowest BCUT2D eigenvalue weighted by Crippen LogP contribution is -2.24. The number of hydrogen-bond donors (Lipinski definition) is 1. The van der Waals surface area contributed by atoms with Crippen LogP contribution in [0.15, 0.2) is 59.5 Å². The van der Waals surface area contributed by atoms with Crippen LogP contribution in [0, 0.1) is 19.7 Å². The molecule has 3 aromatic carbocycles. The molecule has 0 aliphatic carbocycles. The Bertz CT molecular complexity index is 1290. The Morgan fingerprint density at radius 1 is 1.03 bits per heavy atom. The van der Waals surface area contributed by atoms with Gasteiger partial charge in [0.25, 0.3) is 0 Å². The molecule has 0 amide bonds. The van der Waals surface area contributed by atoms with Gasteiger partial charge in [-0.25, -0.2) is 4.39 Å². The minimum absolute atomic E-state index is 0.136. The topological polar surface area (TPSA) is 64.6 Å². The van der Waals surface area contributed by atoms with Gasteiger partial charge in [0.1, 0.15) is 11.4 Å². The van der Waals surface area contributed by atoms with Crippen molar-refractivity contribution in [3.05, 3.63) is 82.7 Å². The number of carbonyl (C=O) groups excluding carboxylic acids is 1. The highest BCUT2D eigenvalue weighted by atomic mass is 32.2. The van der Waals surface area contributed by atoms with E-state index < -0.39 is 16.4 Å². The summed E-state index contributed by atoms with van der Waals surface area (Å²) in [4.78, 5) is 12.8. The van der Waals surface area contributed by atoms with Crippen LogP contribution in [0.2, 0.25) is 0 Å². The Labute approximate surface area is 234 Å². The van der Waals surface area contributed by atoms with Gasteiger partial charge in [-0.15, -0.1) is 0 Å². The summed E-state index contributed by atoms with van der Waals surface area (Å²) in [6.07, 6.45) is 0.428. The van der Waals surface area contributed by atoms with E-state index in [4.69, 9.17) is 9.47 Å². The number of halogens is 1. The second-order valence-corrected chi connectivity index (χ2v) is 12.2. The van der Waals surface area contributed by atoms with E-state index in [0.29, 0.717) is 43.2 Å². The molecule has 0 bridgehead atoms. The van der Waals surface area contributed by atoms with E-state index in [-0.39, 0.29) is 18.2 Å². The fraction of sp³-hybridized carbons (Fsp3) is 0.406. The monoisotopic (exact) mass is 553 g/mol. The summed E-state index contributed by atoms with van der Waals surface area (Å²) in [5, 5.41) is 3.30. The van der Waals surface area contributed by atoms with Crippen molar-refractivity contribution < 1.29 is 22.9 Å². The summed E-state index contributed by atoms with van der Waals surface area (Å²) in [5.74, 6) is -0.195. The van der Waals surface area contributed by atoms with Gasteiger partial charge in [-0.1, -0.05) is 24.3 Å². The fourth-order valence-corrected chi connectivity index (χ4v) is 5.56. The molecule has 0 aliphatic heterocycles. The zero-order valence-electron chi connectivity index (χ0n) is 23.9. The maximum absolute atomic E-state index is 14.7. The lowest BCUT2D eigenvalue weighted by molar-refractivity contribution is -0.154. The van der Waals surface area contributed by atoms with Crippen LogP contribution in [-0.2, 0) is 38.0 Å². The van der Waals surface area contributed by atoms with Crippen LogP contribution in [0.4, 0.5) is 10.1 Å². The Morgan fingerprint density at radius 3 is 2.38 bits per heavy atom. The Kier molecular flexibility index (Phi) is 10.8. The normalized spacial score (nSPS) is 12.3. The molecule has 0 saturated heterocycles. The standard InChI is InChI=1S/C32H40FNO4S/c1-7-37-15-16-39(36)28-17-22(2)31(23(3)18-28)26-10-8-9-24(19-26)21-34-27-13-11-25(29(33)20-27)12-14-30(35)38-32(4,5)6/h8-11,13,17-20,34H,7,12,14-16,21H2,1-6H3. The van der Waals surface area contributed by atoms with Crippen molar-refractivity contribution in [1.29, 1.82) is 0 Å². The van der Waals surface area contributed by atoms with Crippen molar-refractivity contribution in [1.82, 2.24) is 0 Å². The van der Waals surface area contributed by atoms with E-state index in [2.05, 4.69) is 17.4 Å². The van der Waals surface area contributed by atoms with Gasteiger partial charge in [-0.2, -0.15) is 0 Å². The third-order valence-corrected chi connectivity index (χ3v) is 7.47. The van der Waals surface area contributed by atoms with Crippen molar-refractivity contribution in [3.8, 4) is 11.1 Å². The Balaban J connectivity index is 1.65. The summed E-state index contributed by atoms with van der Waals surface area (Å²) in [6, 6.07) is 17.3. The van der Waals surface area contributed by atoms with Gasteiger partial charge >= 0.3 is 5.97 Å². The van der Waals surface area contributed by atoms with Crippen LogP contribution < -0.4 is 5.32 Å². The Hall–Kier alpha value is -3.03. The van der Waals surface area contributed by atoms with Gasteiger partial charge in [0.05, 0.1) is 23.2 Å². The summed E-state index contributed by atoms with van der Waals surface area (Å²) in [5.41, 5.74) is 6.03. The molecule has 0 heterocycles. The van der Waals surface area contributed by atoms with Gasteiger partial charge in [-0.3, -0.25) is 9.00 Å². The average Bonchev–Trinajstić information content (AvgIpc) is 2.86. The SMILES string of the molecule is CCOCCS(=O)c1cc(C)c(-c2cccc(CNc3ccc(CCC(=O)OC(C)(C)C)c(F)c3)c2)c(C)c1. The number of aryl methyl sites for hydroxylation is 3. The second-order valence-electron chi connectivity index (χ2n) is 10.6. The second kappa shape index (κ2) is 13.9. The summed E-state index contributed by atoms with van der Waals surface area (Å²) in [6.45, 7) is 13.1. The van der Waals surface area contributed by atoms with Crippen LogP contribution in [-0.4, -0.2) is 34.7 Å². The highest BCUT2D eigenvalue weighted by Gasteiger charge is 2.17. The summed E-state index contributed by atoms with van der Waals surface area (Å²) in [7, 11) is -1.10. The van der Waals surface area contributed by atoms with Gasteiger partial charge in [0, 0.05) is 30.2 Å². The van der Waals surface area contributed by atoms with E-state index in [1.807, 2.05) is 71.9 Å². The third kappa shape index (κ3) is 9.29. The molecular weight excluding hydrogens is 513 g/mol. The smallest absolute Gasteiger partial charge is 0.306 e. The molecule has 3 rings (SSSR count). The van der Waals surface area contributed by atoms with Crippen LogP contribution in [0.5, 0.6) is 0 Å². The molecule has 0 radical (unpaired) electrons. The maximum Gasteiger partial charge on any atom is 0.306 e. The molecule has 1 atom stereocenters. The van der Waals surface area contributed by atoms with E-state index in [9.17, 15) is 13.4 Å². The van der Waals surface area contributed by atoms with E-state index >= 15 is 0 Å². The molecule has 1 N–H and O–H groups in total. The first-order chi connectivity index (χ1) is 18.5. The number of carbonyl (C=O) groups is 1. The molecule has 1 unspecified atom stereocenters.